The van der Waals surface area contributed by atoms with Crippen LogP contribution in [0, 0.1) is 11.7 Å². The van der Waals surface area contributed by atoms with Gasteiger partial charge in [-0.1, -0.05) is 41.9 Å². The molecule has 3 atom stereocenters. The molecular formula is C19H26BrFN4O2. The summed E-state index contributed by atoms with van der Waals surface area (Å²) in [7, 11) is 0. The number of carbonyl (C=O) groups is 2. The highest BCUT2D eigenvalue weighted by Gasteiger charge is 2.40. The standard InChI is InChI=1S/C19H26BrFN4O2/c1-11(2)16-15(20)17(24-23-16)18(26)22-12-7-9-25(10-8-12)19(27)13-5-3-4-6-14(13)21/h3-6,11-12,15-17,23-24H,7-10H2,1-2H3,(H,22,26). The largest absolute Gasteiger partial charge is 0.352 e. The molecule has 3 rings (SSSR count). The van der Waals surface area contributed by atoms with Crippen molar-refractivity contribution in [1.82, 2.24) is 21.1 Å². The van der Waals surface area contributed by atoms with Crippen molar-refractivity contribution < 1.29 is 14.0 Å². The third-order valence-corrected chi connectivity index (χ3v) is 6.40. The van der Waals surface area contributed by atoms with Gasteiger partial charge in [0.15, 0.2) is 0 Å². The summed E-state index contributed by atoms with van der Waals surface area (Å²) in [6.07, 6.45) is 1.32. The zero-order chi connectivity index (χ0) is 19.6. The third-order valence-electron chi connectivity index (χ3n) is 5.30. The second-order valence-electron chi connectivity index (χ2n) is 7.54. The first kappa shape index (κ1) is 20.2. The Morgan fingerprint density at radius 3 is 2.48 bits per heavy atom. The molecule has 8 heteroatoms. The minimum Gasteiger partial charge on any atom is -0.352 e. The minimum atomic E-state index is -0.499. The highest BCUT2D eigenvalue weighted by Crippen LogP contribution is 2.22. The van der Waals surface area contributed by atoms with E-state index in [0.29, 0.717) is 31.8 Å². The number of halogens is 2. The Morgan fingerprint density at radius 1 is 1.22 bits per heavy atom. The lowest BCUT2D eigenvalue weighted by Crippen LogP contribution is -2.52. The first-order chi connectivity index (χ1) is 12.9. The maximum atomic E-state index is 13.8. The predicted octanol–water partition coefficient (Wildman–Crippen LogP) is 1.81. The molecule has 2 saturated heterocycles. The first-order valence-electron chi connectivity index (χ1n) is 9.37. The van der Waals surface area contributed by atoms with Crippen LogP contribution in [0.3, 0.4) is 0 Å². The molecule has 2 fully saturated rings. The maximum Gasteiger partial charge on any atom is 0.256 e. The van der Waals surface area contributed by atoms with Crippen molar-refractivity contribution in [2.45, 2.75) is 49.6 Å². The van der Waals surface area contributed by atoms with Crippen molar-refractivity contribution in [1.29, 1.82) is 0 Å². The van der Waals surface area contributed by atoms with E-state index >= 15 is 0 Å². The maximum absolute atomic E-state index is 13.8. The second-order valence-corrected chi connectivity index (χ2v) is 8.59. The summed E-state index contributed by atoms with van der Waals surface area (Å²) < 4.78 is 13.8. The normalized spacial score (nSPS) is 26.4. The smallest absolute Gasteiger partial charge is 0.256 e. The second kappa shape index (κ2) is 8.67. The van der Waals surface area contributed by atoms with Crippen molar-refractivity contribution in [2.24, 2.45) is 5.92 Å². The number of benzene rings is 1. The summed E-state index contributed by atoms with van der Waals surface area (Å²) in [6, 6.07) is 5.89. The average Bonchev–Trinajstić information content (AvgIpc) is 3.04. The van der Waals surface area contributed by atoms with Crippen molar-refractivity contribution in [3.8, 4) is 0 Å². The van der Waals surface area contributed by atoms with Crippen LogP contribution in [0.5, 0.6) is 0 Å². The van der Waals surface area contributed by atoms with Crippen molar-refractivity contribution in [3.63, 3.8) is 0 Å². The number of likely N-dealkylation sites (tertiary alicyclic amines) is 1. The molecule has 1 aromatic rings. The summed E-state index contributed by atoms with van der Waals surface area (Å²) in [5.41, 5.74) is 6.34. The molecule has 0 aromatic heterocycles. The minimum absolute atomic E-state index is 0.0141. The molecule has 3 unspecified atom stereocenters. The average molecular weight is 441 g/mol. The number of hydrazine groups is 1. The summed E-state index contributed by atoms with van der Waals surface area (Å²) in [5, 5.41) is 3.08. The molecule has 6 nitrogen and oxygen atoms in total. The van der Waals surface area contributed by atoms with Crippen LogP contribution in [0.1, 0.15) is 37.0 Å². The van der Waals surface area contributed by atoms with E-state index in [9.17, 15) is 14.0 Å². The van der Waals surface area contributed by atoms with Gasteiger partial charge in [-0.15, -0.1) is 0 Å². The van der Waals surface area contributed by atoms with Crippen LogP contribution in [-0.4, -0.2) is 52.8 Å². The lowest BCUT2D eigenvalue weighted by Gasteiger charge is -2.33. The Morgan fingerprint density at radius 2 is 1.89 bits per heavy atom. The van der Waals surface area contributed by atoms with E-state index in [1.54, 1.807) is 17.0 Å². The van der Waals surface area contributed by atoms with Crippen molar-refractivity contribution in [3.05, 3.63) is 35.6 Å². The number of amides is 2. The van der Waals surface area contributed by atoms with Gasteiger partial charge in [0.05, 0.1) is 10.4 Å². The van der Waals surface area contributed by atoms with Gasteiger partial charge in [0.1, 0.15) is 11.9 Å². The Bertz CT molecular complexity index is 694. The Hall–Kier alpha value is -1.51. The molecule has 0 bridgehead atoms. The molecule has 0 saturated carbocycles. The highest BCUT2D eigenvalue weighted by molar-refractivity contribution is 9.09. The number of nitrogens with one attached hydrogen (secondary N) is 3. The molecule has 2 amide bonds. The molecular weight excluding hydrogens is 415 g/mol. The number of hydrogen-bond donors (Lipinski definition) is 3. The van der Waals surface area contributed by atoms with Gasteiger partial charge in [0.25, 0.3) is 5.91 Å². The van der Waals surface area contributed by atoms with Crippen LogP contribution < -0.4 is 16.2 Å². The van der Waals surface area contributed by atoms with Crippen molar-refractivity contribution in [2.75, 3.05) is 13.1 Å². The molecule has 1 aromatic carbocycles. The van der Waals surface area contributed by atoms with Crippen LogP contribution in [0.4, 0.5) is 4.39 Å². The summed E-state index contributed by atoms with van der Waals surface area (Å²) in [4.78, 5) is 26.7. The number of carbonyl (C=O) groups excluding carboxylic acids is 2. The van der Waals surface area contributed by atoms with E-state index in [4.69, 9.17) is 0 Å². The highest BCUT2D eigenvalue weighted by atomic mass is 79.9. The topological polar surface area (TPSA) is 73.5 Å². The van der Waals surface area contributed by atoms with E-state index in [-0.39, 0.29) is 40.3 Å². The van der Waals surface area contributed by atoms with Crippen LogP contribution in [-0.2, 0) is 4.79 Å². The summed E-state index contributed by atoms with van der Waals surface area (Å²) in [6.45, 7) is 5.22. The predicted molar refractivity (Wildman–Crippen MR) is 105 cm³/mol. The van der Waals surface area contributed by atoms with E-state index < -0.39 is 5.82 Å². The third kappa shape index (κ3) is 4.50. The number of hydrogen-bond acceptors (Lipinski definition) is 4. The number of piperidine rings is 1. The molecule has 148 valence electrons. The van der Waals surface area contributed by atoms with Crippen molar-refractivity contribution >= 4 is 27.7 Å². The first-order valence-corrected chi connectivity index (χ1v) is 10.3. The summed E-state index contributed by atoms with van der Waals surface area (Å²) in [5.74, 6) is -0.445. The number of rotatable bonds is 4. The van der Waals surface area contributed by atoms with Gasteiger partial charge in [-0.05, 0) is 30.9 Å². The molecule has 0 aliphatic carbocycles. The monoisotopic (exact) mass is 440 g/mol. The molecule has 2 heterocycles. The molecule has 0 radical (unpaired) electrons. The fourth-order valence-corrected chi connectivity index (χ4v) is 4.73. The number of alkyl halides is 1. The Labute approximate surface area is 167 Å². The van der Waals surface area contributed by atoms with Gasteiger partial charge in [-0.2, -0.15) is 0 Å². The lowest BCUT2D eigenvalue weighted by molar-refractivity contribution is -0.123. The van der Waals surface area contributed by atoms with Gasteiger partial charge in [0, 0.05) is 25.2 Å². The Balaban J connectivity index is 1.50. The van der Waals surface area contributed by atoms with E-state index in [2.05, 4.69) is 45.9 Å². The fraction of sp³-hybridized carbons (Fsp3) is 0.579. The SMILES string of the molecule is CC(C)C1NNC(C(=O)NC2CCN(C(=O)c3ccccc3F)CC2)C1Br. The van der Waals surface area contributed by atoms with E-state index in [1.165, 1.54) is 12.1 Å². The van der Waals surface area contributed by atoms with Crippen LogP contribution in [0.2, 0.25) is 0 Å². The quantitative estimate of drug-likeness (QED) is 0.624. The zero-order valence-corrected chi connectivity index (χ0v) is 17.1. The molecule has 2 aliphatic heterocycles. The van der Waals surface area contributed by atoms with Gasteiger partial charge in [-0.25, -0.2) is 9.82 Å². The van der Waals surface area contributed by atoms with Gasteiger partial charge >= 0.3 is 0 Å². The lowest BCUT2D eigenvalue weighted by atomic mass is 9.98. The van der Waals surface area contributed by atoms with Crippen LogP contribution >= 0.6 is 15.9 Å². The van der Waals surface area contributed by atoms with Crippen LogP contribution in [0.15, 0.2) is 24.3 Å². The fourth-order valence-electron chi connectivity index (χ4n) is 3.62. The van der Waals surface area contributed by atoms with Gasteiger partial charge < -0.3 is 10.2 Å². The van der Waals surface area contributed by atoms with E-state index in [0.717, 1.165) is 0 Å². The molecule has 2 aliphatic rings. The van der Waals surface area contributed by atoms with Gasteiger partial charge in [-0.3, -0.25) is 15.0 Å². The van der Waals surface area contributed by atoms with Gasteiger partial charge in [0.2, 0.25) is 5.91 Å². The zero-order valence-electron chi connectivity index (χ0n) is 15.5. The summed E-state index contributed by atoms with van der Waals surface area (Å²) >= 11 is 3.62. The molecule has 27 heavy (non-hydrogen) atoms. The van der Waals surface area contributed by atoms with Crippen LogP contribution in [0.25, 0.3) is 0 Å². The molecule has 3 N–H and O–H groups in total. The van der Waals surface area contributed by atoms with E-state index in [1.807, 2.05) is 0 Å². The Kier molecular flexibility index (Phi) is 6.49. The number of nitrogens with zero attached hydrogens (tertiary/aromatic N) is 1. The molecule has 0 spiro atoms.